The van der Waals surface area contributed by atoms with Crippen LogP contribution in [0.4, 0.5) is 0 Å². The van der Waals surface area contributed by atoms with E-state index in [1.54, 1.807) is 32.4 Å². The van der Waals surface area contributed by atoms with Gasteiger partial charge in [0.2, 0.25) is 0 Å². The second-order valence-electron chi connectivity index (χ2n) is 6.68. The molecule has 0 aromatic heterocycles. The van der Waals surface area contributed by atoms with E-state index >= 15 is 0 Å². The number of benzene rings is 1. The normalized spacial score (nSPS) is 16.5. The molecule has 140 valence electrons. The third-order valence-corrected chi connectivity index (χ3v) is 4.45. The summed E-state index contributed by atoms with van der Waals surface area (Å²) in [6.45, 7) is 8.36. The maximum absolute atomic E-state index is 12.7. The molecule has 1 atom stereocenters. The molecule has 0 radical (unpaired) electrons. The molecule has 1 fully saturated rings. The Hall–Kier alpha value is -1.79. The number of nitrogens with zero attached hydrogens (tertiary/aromatic N) is 1. The number of carbonyl (C=O) groups excluding carboxylic acids is 1. The molecule has 0 aliphatic carbocycles. The van der Waals surface area contributed by atoms with E-state index in [1.807, 2.05) is 0 Å². The Morgan fingerprint density at radius 2 is 1.96 bits per heavy atom. The highest BCUT2D eigenvalue weighted by Gasteiger charge is 2.23. The van der Waals surface area contributed by atoms with E-state index in [-0.39, 0.29) is 5.91 Å². The summed E-state index contributed by atoms with van der Waals surface area (Å²) in [5.74, 6) is 1.45. The first kappa shape index (κ1) is 19.5. The molecule has 1 N–H and O–H groups in total. The fourth-order valence-corrected chi connectivity index (χ4v) is 3.22. The van der Waals surface area contributed by atoms with Crippen LogP contribution in [0.5, 0.6) is 11.5 Å². The lowest BCUT2D eigenvalue weighted by Crippen LogP contribution is -2.49. The van der Waals surface area contributed by atoms with Crippen molar-refractivity contribution in [3.63, 3.8) is 0 Å². The van der Waals surface area contributed by atoms with Crippen LogP contribution in [0.3, 0.4) is 0 Å². The van der Waals surface area contributed by atoms with E-state index < -0.39 is 0 Å². The van der Waals surface area contributed by atoms with E-state index in [1.165, 1.54) is 0 Å². The SMILES string of the molecule is COc1cccc(C(=O)NCC(CC(C)C)N2CCOCC2)c1OC. The highest BCUT2D eigenvalue weighted by atomic mass is 16.5. The van der Waals surface area contributed by atoms with Crippen LogP contribution in [0.15, 0.2) is 18.2 Å². The van der Waals surface area contributed by atoms with Crippen molar-refractivity contribution >= 4 is 5.91 Å². The summed E-state index contributed by atoms with van der Waals surface area (Å²) in [5.41, 5.74) is 0.493. The number of nitrogens with one attached hydrogen (secondary N) is 1. The van der Waals surface area contributed by atoms with Crippen LogP contribution in [0.2, 0.25) is 0 Å². The van der Waals surface area contributed by atoms with Crippen molar-refractivity contribution < 1.29 is 19.0 Å². The predicted octanol–water partition coefficient (Wildman–Crippen LogP) is 2.18. The molecule has 6 nitrogen and oxygen atoms in total. The van der Waals surface area contributed by atoms with Gasteiger partial charge in [-0.05, 0) is 24.5 Å². The van der Waals surface area contributed by atoms with Crippen molar-refractivity contribution in [3.8, 4) is 11.5 Å². The highest BCUT2D eigenvalue weighted by molar-refractivity contribution is 5.97. The summed E-state index contributed by atoms with van der Waals surface area (Å²) >= 11 is 0. The maximum Gasteiger partial charge on any atom is 0.255 e. The zero-order valence-corrected chi connectivity index (χ0v) is 15.7. The Kier molecular flexibility index (Phi) is 7.52. The van der Waals surface area contributed by atoms with Gasteiger partial charge < -0.3 is 19.5 Å². The number of ether oxygens (including phenoxy) is 3. The fourth-order valence-electron chi connectivity index (χ4n) is 3.22. The van der Waals surface area contributed by atoms with E-state index in [9.17, 15) is 4.79 Å². The van der Waals surface area contributed by atoms with Gasteiger partial charge >= 0.3 is 0 Å². The van der Waals surface area contributed by atoms with Gasteiger partial charge in [-0.25, -0.2) is 0 Å². The van der Waals surface area contributed by atoms with Crippen molar-refractivity contribution in [1.29, 1.82) is 0 Å². The highest BCUT2D eigenvalue weighted by Crippen LogP contribution is 2.30. The molecule has 0 spiro atoms. The van der Waals surface area contributed by atoms with E-state index in [2.05, 4.69) is 24.1 Å². The van der Waals surface area contributed by atoms with Crippen LogP contribution in [0.1, 0.15) is 30.6 Å². The number of amides is 1. The Balaban J connectivity index is 2.05. The molecular weight excluding hydrogens is 320 g/mol. The van der Waals surface area contributed by atoms with Crippen LogP contribution in [-0.2, 0) is 4.74 Å². The molecule has 25 heavy (non-hydrogen) atoms. The first-order valence-electron chi connectivity index (χ1n) is 8.87. The molecule has 0 bridgehead atoms. The van der Waals surface area contributed by atoms with Crippen LogP contribution in [-0.4, -0.2) is 63.9 Å². The number of methoxy groups -OCH3 is 2. The largest absolute Gasteiger partial charge is 0.493 e. The summed E-state index contributed by atoms with van der Waals surface area (Å²) in [5, 5.41) is 3.07. The average molecular weight is 350 g/mol. The molecule has 1 heterocycles. The summed E-state index contributed by atoms with van der Waals surface area (Å²) in [4.78, 5) is 15.1. The van der Waals surface area contributed by atoms with Crippen molar-refractivity contribution in [3.05, 3.63) is 23.8 Å². The summed E-state index contributed by atoms with van der Waals surface area (Å²) in [7, 11) is 3.11. The van der Waals surface area contributed by atoms with E-state index in [0.29, 0.717) is 35.6 Å². The minimum atomic E-state index is -0.141. The molecule has 6 heteroatoms. The topological polar surface area (TPSA) is 60.0 Å². The lowest BCUT2D eigenvalue weighted by molar-refractivity contribution is 0.0124. The van der Waals surface area contributed by atoms with Crippen LogP contribution in [0, 0.1) is 5.92 Å². The fraction of sp³-hybridized carbons (Fsp3) is 0.632. The van der Waals surface area contributed by atoms with Crippen LogP contribution >= 0.6 is 0 Å². The van der Waals surface area contributed by atoms with E-state index in [4.69, 9.17) is 14.2 Å². The Morgan fingerprint density at radius 3 is 2.56 bits per heavy atom. The van der Waals surface area contributed by atoms with Crippen molar-refractivity contribution in [1.82, 2.24) is 10.2 Å². The van der Waals surface area contributed by atoms with Crippen LogP contribution < -0.4 is 14.8 Å². The Morgan fingerprint density at radius 1 is 1.24 bits per heavy atom. The van der Waals surface area contributed by atoms with Gasteiger partial charge in [0.25, 0.3) is 5.91 Å². The van der Waals surface area contributed by atoms with Crippen molar-refractivity contribution in [2.24, 2.45) is 5.92 Å². The monoisotopic (exact) mass is 350 g/mol. The number of hydrogen-bond donors (Lipinski definition) is 1. The molecule has 1 aromatic carbocycles. The molecule has 0 saturated carbocycles. The Bertz CT molecular complexity index is 556. The number of carbonyl (C=O) groups is 1. The lowest BCUT2D eigenvalue weighted by atomic mass is 10.0. The average Bonchev–Trinajstić information content (AvgIpc) is 2.64. The van der Waals surface area contributed by atoms with Gasteiger partial charge in [-0.15, -0.1) is 0 Å². The third kappa shape index (κ3) is 5.34. The molecule has 1 aromatic rings. The van der Waals surface area contributed by atoms with Crippen molar-refractivity contribution in [2.75, 3.05) is 47.1 Å². The van der Waals surface area contributed by atoms with Gasteiger partial charge in [0.1, 0.15) is 0 Å². The molecule has 2 rings (SSSR count). The summed E-state index contributed by atoms with van der Waals surface area (Å²) in [6.07, 6.45) is 1.04. The smallest absolute Gasteiger partial charge is 0.255 e. The minimum Gasteiger partial charge on any atom is -0.493 e. The van der Waals surface area contributed by atoms with Gasteiger partial charge in [0.15, 0.2) is 11.5 Å². The van der Waals surface area contributed by atoms with Crippen LogP contribution in [0.25, 0.3) is 0 Å². The van der Waals surface area contributed by atoms with Gasteiger partial charge in [0.05, 0.1) is 33.0 Å². The molecular formula is C19H30N2O4. The van der Waals surface area contributed by atoms with Gasteiger partial charge in [0, 0.05) is 25.7 Å². The number of rotatable bonds is 8. The number of para-hydroxylation sites is 1. The first-order chi connectivity index (χ1) is 12.1. The molecule has 1 saturated heterocycles. The predicted molar refractivity (Wildman–Crippen MR) is 97.5 cm³/mol. The summed E-state index contributed by atoms with van der Waals surface area (Å²) < 4.78 is 16.1. The maximum atomic E-state index is 12.7. The molecule has 1 aliphatic heterocycles. The zero-order chi connectivity index (χ0) is 18.2. The first-order valence-corrected chi connectivity index (χ1v) is 8.87. The molecule has 1 amide bonds. The van der Waals surface area contributed by atoms with Gasteiger partial charge in [-0.1, -0.05) is 19.9 Å². The zero-order valence-electron chi connectivity index (χ0n) is 15.7. The molecule has 1 unspecified atom stereocenters. The second-order valence-corrected chi connectivity index (χ2v) is 6.68. The standard InChI is InChI=1S/C19H30N2O4/c1-14(2)12-15(21-8-10-25-11-9-21)13-20-19(22)16-6-5-7-17(23-3)18(16)24-4/h5-7,14-15H,8-13H2,1-4H3,(H,20,22). The van der Waals surface area contributed by atoms with Gasteiger partial charge in [-0.2, -0.15) is 0 Å². The second kappa shape index (κ2) is 9.63. The lowest BCUT2D eigenvalue weighted by Gasteiger charge is -2.35. The quantitative estimate of drug-likeness (QED) is 0.779. The van der Waals surface area contributed by atoms with Crippen molar-refractivity contribution in [2.45, 2.75) is 26.3 Å². The minimum absolute atomic E-state index is 0.141. The van der Waals surface area contributed by atoms with Gasteiger partial charge in [-0.3, -0.25) is 9.69 Å². The number of hydrogen-bond acceptors (Lipinski definition) is 5. The Labute approximate surface area is 150 Å². The summed E-state index contributed by atoms with van der Waals surface area (Å²) in [6, 6.07) is 5.64. The number of morpholine rings is 1. The molecule has 1 aliphatic rings. The van der Waals surface area contributed by atoms with E-state index in [0.717, 1.165) is 32.7 Å². The third-order valence-electron chi connectivity index (χ3n) is 4.45.